The Balaban J connectivity index is 1.42. The van der Waals surface area contributed by atoms with Gasteiger partial charge in [-0.05, 0) is 96.1 Å². The van der Waals surface area contributed by atoms with E-state index in [1.54, 1.807) is 75.5 Å². The lowest BCUT2D eigenvalue weighted by Crippen LogP contribution is -2.40. The van der Waals surface area contributed by atoms with Gasteiger partial charge in [0.15, 0.2) is 0 Å². The fraction of sp³-hybridized carbons (Fsp3) is 0.407. The van der Waals surface area contributed by atoms with E-state index in [0.717, 1.165) is 31.5 Å². The SMILES string of the molecule is [2H]C([2H])(CN1CCCC1)Oc1ccc(Nc2ncc(C)c(Nc3cccc(S(=O)(=O)NC(C)(C)C)c3)n2)cc1. The number of likely N-dealkylation sites (tertiary alicyclic amines) is 1. The molecule has 1 aliphatic rings. The zero-order chi connectivity index (χ0) is 28.3. The molecule has 0 atom stereocenters. The minimum atomic E-state index is -3.68. The molecule has 9 nitrogen and oxygen atoms in total. The van der Waals surface area contributed by atoms with Crippen LogP contribution in [0.15, 0.2) is 59.6 Å². The number of sulfonamides is 1. The van der Waals surface area contributed by atoms with Crippen molar-refractivity contribution in [1.29, 1.82) is 0 Å². The van der Waals surface area contributed by atoms with Crippen LogP contribution < -0.4 is 20.1 Å². The smallest absolute Gasteiger partial charge is 0.241 e. The van der Waals surface area contributed by atoms with Gasteiger partial charge in [0.05, 0.1) is 7.64 Å². The fourth-order valence-electron chi connectivity index (χ4n) is 3.85. The Morgan fingerprint density at radius 3 is 2.49 bits per heavy atom. The molecule has 10 heteroatoms. The Morgan fingerprint density at radius 1 is 1.05 bits per heavy atom. The lowest BCUT2D eigenvalue weighted by Gasteiger charge is -2.20. The second-order valence-electron chi connectivity index (χ2n) is 10.1. The van der Waals surface area contributed by atoms with Crippen molar-refractivity contribution >= 4 is 33.2 Å². The molecule has 0 unspecified atom stereocenters. The summed E-state index contributed by atoms with van der Waals surface area (Å²) < 4.78 is 50.2. The number of nitrogens with one attached hydrogen (secondary N) is 3. The quantitative estimate of drug-likeness (QED) is 0.345. The first kappa shape index (κ1) is 24.1. The Hall–Kier alpha value is -3.21. The maximum Gasteiger partial charge on any atom is 0.241 e. The Morgan fingerprint density at radius 2 is 1.78 bits per heavy atom. The average Bonchev–Trinajstić information content (AvgIpc) is 3.33. The molecule has 37 heavy (non-hydrogen) atoms. The molecule has 1 saturated heterocycles. The third-order valence-corrected chi connectivity index (χ3v) is 7.36. The third-order valence-electron chi connectivity index (χ3n) is 5.61. The average molecular weight is 527 g/mol. The summed E-state index contributed by atoms with van der Waals surface area (Å²) in [5.74, 6) is 1.31. The van der Waals surface area contributed by atoms with E-state index in [2.05, 4.69) is 30.2 Å². The van der Waals surface area contributed by atoms with Crippen molar-refractivity contribution in [1.82, 2.24) is 19.6 Å². The zero-order valence-corrected chi connectivity index (χ0v) is 22.5. The largest absolute Gasteiger partial charge is 0.492 e. The molecule has 1 aliphatic heterocycles. The topological polar surface area (TPSA) is 108 Å². The van der Waals surface area contributed by atoms with Crippen molar-refractivity contribution in [2.75, 3.05) is 36.8 Å². The van der Waals surface area contributed by atoms with Gasteiger partial charge in [0, 0.05) is 35.2 Å². The first-order valence-corrected chi connectivity index (χ1v) is 13.8. The highest BCUT2D eigenvalue weighted by molar-refractivity contribution is 7.89. The molecule has 1 fully saturated rings. The van der Waals surface area contributed by atoms with Crippen LogP contribution >= 0.6 is 0 Å². The molecule has 2 aromatic carbocycles. The Kier molecular flexibility index (Phi) is 7.47. The highest BCUT2D eigenvalue weighted by atomic mass is 32.2. The van der Waals surface area contributed by atoms with Gasteiger partial charge in [0.25, 0.3) is 0 Å². The van der Waals surface area contributed by atoms with Crippen LogP contribution in [0.25, 0.3) is 0 Å². The molecule has 4 rings (SSSR count). The van der Waals surface area contributed by atoms with Gasteiger partial charge >= 0.3 is 0 Å². The molecule has 0 radical (unpaired) electrons. The maximum absolute atomic E-state index is 12.7. The van der Waals surface area contributed by atoms with E-state index in [1.165, 1.54) is 0 Å². The van der Waals surface area contributed by atoms with Crippen LogP contribution in [0.4, 0.5) is 23.1 Å². The van der Waals surface area contributed by atoms with E-state index in [0.29, 0.717) is 28.9 Å². The number of ether oxygens (including phenoxy) is 1. The van der Waals surface area contributed by atoms with Gasteiger partial charge in [-0.15, -0.1) is 0 Å². The summed E-state index contributed by atoms with van der Waals surface area (Å²) in [6, 6.07) is 13.5. The Bertz CT molecular complexity index is 1390. The molecule has 0 saturated carbocycles. The molecular weight excluding hydrogens is 488 g/mol. The van der Waals surface area contributed by atoms with Crippen molar-refractivity contribution in [2.24, 2.45) is 0 Å². The standard InChI is InChI=1S/C27H36N6O3S/c1-20-19-28-26(30-21-10-12-23(13-11-21)36-17-16-33-14-5-6-15-33)31-25(20)29-22-8-7-9-24(18-22)37(34,35)32-27(2,3)4/h7-13,18-19,32H,5-6,14-17H2,1-4H3,(H2,28,29,30,31)/i17D2. The van der Waals surface area contributed by atoms with Crippen LogP contribution in [0.3, 0.4) is 0 Å². The van der Waals surface area contributed by atoms with E-state index in [1.807, 2.05) is 6.92 Å². The second kappa shape index (κ2) is 11.5. The molecule has 3 aromatic rings. The van der Waals surface area contributed by atoms with Crippen molar-refractivity contribution < 1.29 is 15.9 Å². The van der Waals surface area contributed by atoms with Gasteiger partial charge in [-0.2, -0.15) is 4.98 Å². The number of anilines is 4. The summed E-state index contributed by atoms with van der Waals surface area (Å²) in [5.41, 5.74) is 1.46. The number of nitrogens with zero attached hydrogens (tertiary/aromatic N) is 3. The number of benzene rings is 2. The van der Waals surface area contributed by atoms with Crippen LogP contribution in [0.1, 0.15) is 41.9 Å². The van der Waals surface area contributed by atoms with E-state index in [-0.39, 0.29) is 11.4 Å². The fourth-order valence-corrected chi connectivity index (χ4v) is 5.32. The van der Waals surface area contributed by atoms with Gasteiger partial charge in [0.2, 0.25) is 16.0 Å². The first-order valence-electron chi connectivity index (χ1n) is 13.3. The van der Waals surface area contributed by atoms with Gasteiger partial charge in [-0.3, -0.25) is 4.90 Å². The molecule has 0 bridgehead atoms. The summed E-state index contributed by atoms with van der Waals surface area (Å²) in [6.07, 6.45) is 3.86. The number of aromatic nitrogens is 2. The summed E-state index contributed by atoms with van der Waals surface area (Å²) in [5, 5.41) is 6.33. The predicted molar refractivity (Wildman–Crippen MR) is 147 cm³/mol. The second-order valence-corrected chi connectivity index (χ2v) is 11.8. The predicted octanol–water partition coefficient (Wildman–Crippen LogP) is 4.82. The maximum atomic E-state index is 12.7. The molecule has 0 spiro atoms. The van der Waals surface area contributed by atoms with E-state index in [9.17, 15) is 8.42 Å². The minimum absolute atomic E-state index is 0.152. The van der Waals surface area contributed by atoms with Crippen molar-refractivity contribution in [3.05, 3.63) is 60.3 Å². The van der Waals surface area contributed by atoms with Crippen LogP contribution in [-0.4, -0.2) is 55.0 Å². The zero-order valence-electron chi connectivity index (χ0n) is 23.7. The molecule has 198 valence electrons. The third kappa shape index (κ3) is 7.88. The van der Waals surface area contributed by atoms with Crippen molar-refractivity contribution in [3.63, 3.8) is 0 Å². The van der Waals surface area contributed by atoms with Crippen LogP contribution in [0.2, 0.25) is 0 Å². The molecule has 0 aliphatic carbocycles. The van der Waals surface area contributed by atoms with Crippen molar-refractivity contribution in [2.45, 2.75) is 51.0 Å². The van der Waals surface area contributed by atoms with Gasteiger partial charge in [-0.1, -0.05) is 6.07 Å². The summed E-state index contributed by atoms with van der Waals surface area (Å²) >= 11 is 0. The van der Waals surface area contributed by atoms with Crippen LogP contribution in [0, 0.1) is 6.92 Å². The molecule has 1 aromatic heterocycles. The molecule has 2 heterocycles. The number of hydrogen-bond donors (Lipinski definition) is 3. The van der Waals surface area contributed by atoms with E-state index < -0.39 is 22.1 Å². The van der Waals surface area contributed by atoms with Gasteiger partial charge in [0.1, 0.15) is 18.1 Å². The summed E-state index contributed by atoms with van der Waals surface area (Å²) in [6.45, 7) is 7.49. The number of hydrogen-bond acceptors (Lipinski definition) is 8. The monoisotopic (exact) mass is 526 g/mol. The normalized spacial score (nSPS) is 15.7. The molecule has 0 amide bonds. The van der Waals surface area contributed by atoms with Crippen LogP contribution in [0.5, 0.6) is 5.75 Å². The van der Waals surface area contributed by atoms with Gasteiger partial charge < -0.3 is 15.4 Å². The first-order chi connectivity index (χ1) is 18.3. The summed E-state index contributed by atoms with van der Waals surface area (Å²) in [7, 11) is -3.68. The Labute approximate surface area is 222 Å². The lowest BCUT2D eigenvalue weighted by atomic mass is 10.1. The molecule has 3 N–H and O–H groups in total. The highest BCUT2D eigenvalue weighted by Crippen LogP contribution is 2.24. The van der Waals surface area contributed by atoms with Crippen molar-refractivity contribution in [3.8, 4) is 5.75 Å². The van der Waals surface area contributed by atoms with E-state index in [4.69, 9.17) is 7.48 Å². The van der Waals surface area contributed by atoms with Gasteiger partial charge in [-0.25, -0.2) is 18.1 Å². The lowest BCUT2D eigenvalue weighted by molar-refractivity contribution is 0.238. The number of aryl methyl sites for hydroxylation is 1. The number of rotatable bonds is 10. The van der Waals surface area contributed by atoms with Crippen LogP contribution in [-0.2, 0) is 10.0 Å². The molecular formula is C27H36N6O3S. The minimum Gasteiger partial charge on any atom is -0.492 e. The highest BCUT2D eigenvalue weighted by Gasteiger charge is 2.22. The van der Waals surface area contributed by atoms with E-state index >= 15 is 0 Å². The summed E-state index contributed by atoms with van der Waals surface area (Å²) in [4.78, 5) is 11.1.